The topological polar surface area (TPSA) is 15.3 Å². The van der Waals surface area contributed by atoms with Crippen LogP contribution in [0.25, 0.3) is 0 Å². The van der Waals surface area contributed by atoms with Crippen LogP contribution < -0.4 is 5.32 Å². The summed E-state index contributed by atoms with van der Waals surface area (Å²) in [5.41, 5.74) is 0.879. The molecule has 1 fully saturated rings. The largest absolute Gasteiger partial charge is 0.311 e. The maximum atomic E-state index is 13.9. The molecule has 112 valence electrons. The summed E-state index contributed by atoms with van der Waals surface area (Å²) in [4.78, 5) is 2.33. The maximum absolute atomic E-state index is 13.9. The first-order valence-electron chi connectivity index (χ1n) is 7.18. The number of halogens is 2. The van der Waals surface area contributed by atoms with Crippen molar-refractivity contribution < 1.29 is 4.39 Å². The van der Waals surface area contributed by atoms with Crippen LogP contribution in [0.4, 0.5) is 4.39 Å². The van der Waals surface area contributed by atoms with Gasteiger partial charge in [-0.1, -0.05) is 32.4 Å². The van der Waals surface area contributed by atoms with E-state index in [9.17, 15) is 4.39 Å². The Labute approximate surface area is 126 Å². The van der Waals surface area contributed by atoms with Gasteiger partial charge in [-0.05, 0) is 30.5 Å². The van der Waals surface area contributed by atoms with Gasteiger partial charge >= 0.3 is 0 Å². The molecule has 1 N–H and O–H groups in total. The smallest absolute Gasteiger partial charge is 0.127 e. The van der Waals surface area contributed by atoms with Crippen LogP contribution in [0.1, 0.15) is 33.3 Å². The summed E-state index contributed by atoms with van der Waals surface area (Å²) in [7, 11) is 0. The van der Waals surface area contributed by atoms with Crippen molar-refractivity contribution in [2.24, 2.45) is 5.41 Å². The number of nitrogens with zero attached hydrogens (tertiary/aromatic N) is 1. The molecule has 0 radical (unpaired) electrons. The molecule has 0 spiro atoms. The van der Waals surface area contributed by atoms with Gasteiger partial charge in [-0.15, -0.1) is 0 Å². The Morgan fingerprint density at radius 3 is 2.75 bits per heavy atom. The minimum absolute atomic E-state index is 0.174. The maximum Gasteiger partial charge on any atom is 0.127 e. The number of benzene rings is 1. The minimum Gasteiger partial charge on any atom is -0.311 e. The fraction of sp³-hybridized carbons (Fsp3) is 0.625. The van der Waals surface area contributed by atoms with Crippen molar-refractivity contribution in [2.75, 3.05) is 13.1 Å². The van der Waals surface area contributed by atoms with Gasteiger partial charge in [0.2, 0.25) is 0 Å². The summed E-state index contributed by atoms with van der Waals surface area (Å²) in [6, 6.07) is 5.59. The molecule has 2 rings (SSSR count). The molecular formula is C16H24ClFN2. The Hall–Kier alpha value is -0.640. The van der Waals surface area contributed by atoms with Gasteiger partial charge in [0.15, 0.2) is 0 Å². The van der Waals surface area contributed by atoms with Gasteiger partial charge in [0, 0.05) is 42.3 Å². The van der Waals surface area contributed by atoms with Crippen molar-refractivity contribution >= 4 is 11.6 Å². The van der Waals surface area contributed by atoms with Gasteiger partial charge < -0.3 is 5.32 Å². The van der Waals surface area contributed by atoms with E-state index in [2.05, 4.69) is 37.9 Å². The second-order valence-corrected chi connectivity index (χ2v) is 7.28. The molecule has 2 atom stereocenters. The highest BCUT2D eigenvalue weighted by molar-refractivity contribution is 6.30. The van der Waals surface area contributed by atoms with Crippen LogP contribution in [0.5, 0.6) is 0 Å². The molecule has 0 saturated carbocycles. The third-order valence-electron chi connectivity index (χ3n) is 4.13. The third kappa shape index (κ3) is 3.72. The molecule has 0 bridgehead atoms. The Kier molecular flexibility index (Phi) is 4.73. The summed E-state index contributed by atoms with van der Waals surface area (Å²) < 4.78 is 13.9. The van der Waals surface area contributed by atoms with E-state index in [1.54, 1.807) is 12.1 Å². The number of rotatable bonds is 2. The predicted molar refractivity (Wildman–Crippen MR) is 82.5 cm³/mol. The van der Waals surface area contributed by atoms with E-state index in [-0.39, 0.29) is 11.2 Å². The van der Waals surface area contributed by atoms with Crippen LogP contribution in [-0.2, 0) is 6.54 Å². The third-order valence-corrected chi connectivity index (χ3v) is 4.36. The fourth-order valence-corrected chi connectivity index (χ4v) is 2.80. The van der Waals surface area contributed by atoms with Crippen LogP contribution in [0.3, 0.4) is 0 Å². The molecule has 1 heterocycles. The highest BCUT2D eigenvalue weighted by atomic mass is 35.5. The van der Waals surface area contributed by atoms with Crippen molar-refractivity contribution in [1.82, 2.24) is 10.2 Å². The number of hydrogen-bond acceptors (Lipinski definition) is 2. The molecule has 0 amide bonds. The lowest BCUT2D eigenvalue weighted by molar-refractivity contribution is 0.0868. The summed E-state index contributed by atoms with van der Waals surface area (Å²) in [6.45, 7) is 11.4. The Balaban J connectivity index is 2.12. The number of hydrogen-bond donors (Lipinski definition) is 1. The van der Waals surface area contributed by atoms with Crippen LogP contribution in [0.15, 0.2) is 18.2 Å². The van der Waals surface area contributed by atoms with E-state index in [1.807, 2.05) is 0 Å². The van der Waals surface area contributed by atoms with Crippen molar-refractivity contribution in [2.45, 2.75) is 46.3 Å². The molecule has 1 aliphatic rings. The molecule has 0 aliphatic carbocycles. The highest BCUT2D eigenvalue weighted by Gasteiger charge is 2.32. The van der Waals surface area contributed by atoms with E-state index < -0.39 is 0 Å². The second-order valence-electron chi connectivity index (χ2n) is 6.84. The molecule has 2 nitrogen and oxygen atoms in total. The summed E-state index contributed by atoms with van der Waals surface area (Å²) in [5, 5.41) is 4.18. The van der Waals surface area contributed by atoms with Crippen LogP contribution >= 0.6 is 11.6 Å². The fourth-order valence-electron chi connectivity index (χ4n) is 2.60. The standard InChI is InChI=1S/C16H24ClFN2/c1-11-8-19-15(16(2,3)4)10-20(11)9-12-7-13(17)5-6-14(12)18/h5-7,11,15,19H,8-10H2,1-4H3. The summed E-state index contributed by atoms with van der Waals surface area (Å²) >= 11 is 5.97. The number of piperazine rings is 1. The van der Waals surface area contributed by atoms with Crippen molar-refractivity contribution in [3.8, 4) is 0 Å². The lowest BCUT2D eigenvalue weighted by Crippen LogP contribution is -2.59. The van der Waals surface area contributed by atoms with Gasteiger partial charge in [-0.25, -0.2) is 4.39 Å². The molecular weight excluding hydrogens is 275 g/mol. The molecule has 0 aromatic heterocycles. The van der Waals surface area contributed by atoms with E-state index in [1.165, 1.54) is 6.07 Å². The van der Waals surface area contributed by atoms with Gasteiger partial charge in [0.1, 0.15) is 5.82 Å². The molecule has 1 saturated heterocycles. The first-order valence-corrected chi connectivity index (χ1v) is 7.56. The van der Waals surface area contributed by atoms with Gasteiger partial charge in [-0.3, -0.25) is 4.90 Å². The zero-order valence-corrected chi connectivity index (χ0v) is 13.5. The van der Waals surface area contributed by atoms with Crippen molar-refractivity contribution in [3.05, 3.63) is 34.6 Å². The molecule has 4 heteroatoms. The van der Waals surface area contributed by atoms with Crippen molar-refractivity contribution in [1.29, 1.82) is 0 Å². The normalized spacial score (nSPS) is 24.9. The molecule has 20 heavy (non-hydrogen) atoms. The first kappa shape index (κ1) is 15.7. The SMILES string of the molecule is CC1CNC(C(C)(C)C)CN1Cc1cc(Cl)ccc1F. The zero-order valence-electron chi connectivity index (χ0n) is 12.7. The first-order chi connectivity index (χ1) is 9.27. The summed E-state index contributed by atoms with van der Waals surface area (Å²) in [6.07, 6.45) is 0. The molecule has 1 aliphatic heterocycles. The predicted octanol–water partition coefficient (Wildman–Crippen LogP) is 3.69. The Morgan fingerprint density at radius 2 is 2.10 bits per heavy atom. The summed E-state index contributed by atoms with van der Waals surface area (Å²) in [5.74, 6) is -0.174. The van der Waals surface area contributed by atoms with Crippen LogP contribution in [0.2, 0.25) is 5.02 Å². The van der Waals surface area contributed by atoms with E-state index in [0.29, 0.717) is 29.2 Å². The molecule has 2 unspecified atom stereocenters. The van der Waals surface area contributed by atoms with E-state index in [0.717, 1.165) is 13.1 Å². The van der Waals surface area contributed by atoms with Crippen LogP contribution in [0, 0.1) is 11.2 Å². The van der Waals surface area contributed by atoms with Gasteiger partial charge in [-0.2, -0.15) is 0 Å². The van der Waals surface area contributed by atoms with E-state index in [4.69, 9.17) is 11.6 Å². The van der Waals surface area contributed by atoms with Gasteiger partial charge in [0.05, 0.1) is 0 Å². The van der Waals surface area contributed by atoms with Crippen molar-refractivity contribution in [3.63, 3.8) is 0 Å². The Bertz CT molecular complexity index is 470. The Morgan fingerprint density at radius 1 is 1.40 bits per heavy atom. The lowest BCUT2D eigenvalue weighted by atomic mass is 9.84. The minimum atomic E-state index is -0.174. The van der Waals surface area contributed by atoms with Gasteiger partial charge in [0.25, 0.3) is 0 Å². The lowest BCUT2D eigenvalue weighted by Gasteiger charge is -2.44. The quantitative estimate of drug-likeness (QED) is 0.896. The van der Waals surface area contributed by atoms with Crippen LogP contribution in [-0.4, -0.2) is 30.1 Å². The average molecular weight is 299 g/mol. The average Bonchev–Trinajstić information content (AvgIpc) is 2.35. The zero-order chi connectivity index (χ0) is 14.9. The molecule has 1 aromatic carbocycles. The highest BCUT2D eigenvalue weighted by Crippen LogP contribution is 2.25. The monoisotopic (exact) mass is 298 g/mol. The molecule has 1 aromatic rings. The van der Waals surface area contributed by atoms with E-state index >= 15 is 0 Å². The second kappa shape index (κ2) is 6.00. The number of nitrogens with one attached hydrogen (secondary N) is 1.